The second-order valence-electron chi connectivity index (χ2n) is 4.66. The van der Waals surface area contributed by atoms with E-state index in [-0.39, 0.29) is 0 Å². The maximum absolute atomic E-state index is 5.61. The van der Waals surface area contributed by atoms with Crippen LogP contribution in [0.5, 0.6) is 0 Å². The highest BCUT2D eigenvalue weighted by molar-refractivity contribution is 7.99. The first-order chi connectivity index (χ1) is 6.85. The molecule has 0 aromatic heterocycles. The summed E-state index contributed by atoms with van der Waals surface area (Å²) in [5.74, 6) is 3.58. The topological polar surface area (TPSA) is 9.23 Å². The van der Waals surface area contributed by atoms with Crippen molar-refractivity contribution in [3.8, 4) is 0 Å². The SMILES string of the molecule is SCC1(CSCC2CCCO2)CCC1. The van der Waals surface area contributed by atoms with E-state index in [9.17, 15) is 0 Å². The van der Waals surface area contributed by atoms with Gasteiger partial charge in [-0.3, -0.25) is 0 Å². The highest BCUT2D eigenvalue weighted by Gasteiger charge is 2.35. The standard InChI is InChI=1S/C11H20OS2/c13-8-11(4-2-5-11)9-14-7-10-3-1-6-12-10/h10,13H,1-9H2. The number of thioether (sulfide) groups is 1. The van der Waals surface area contributed by atoms with Gasteiger partial charge in [0.2, 0.25) is 0 Å². The quantitative estimate of drug-likeness (QED) is 0.730. The molecule has 1 saturated heterocycles. The van der Waals surface area contributed by atoms with Crippen molar-refractivity contribution in [2.24, 2.45) is 5.41 Å². The van der Waals surface area contributed by atoms with Crippen LogP contribution in [0.25, 0.3) is 0 Å². The highest BCUT2D eigenvalue weighted by Crippen LogP contribution is 2.44. The summed E-state index contributed by atoms with van der Waals surface area (Å²) in [6, 6.07) is 0. The maximum atomic E-state index is 5.61. The minimum atomic E-state index is 0.553. The minimum absolute atomic E-state index is 0.553. The Morgan fingerprint density at radius 2 is 2.21 bits per heavy atom. The summed E-state index contributed by atoms with van der Waals surface area (Å²) >= 11 is 6.55. The fourth-order valence-corrected chi connectivity index (χ4v) is 4.25. The lowest BCUT2D eigenvalue weighted by molar-refractivity contribution is 0.128. The van der Waals surface area contributed by atoms with Crippen LogP contribution < -0.4 is 0 Å². The van der Waals surface area contributed by atoms with Crippen LogP contribution in [0.2, 0.25) is 0 Å². The van der Waals surface area contributed by atoms with Gasteiger partial charge in [0, 0.05) is 12.4 Å². The first-order valence-electron chi connectivity index (χ1n) is 5.65. The molecule has 2 aliphatic rings. The molecule has 1 saturated carbocycles. The molecule has 0 spiro atoms. The molecule has 2 rings (SSSR count). The number of ether oxygens (including phenoxy) is 1. The van der Waals surface area contributed by atoms with Crippen LogP contribution in [0.4, 0.5) is 0 Å². The molecule has 0 aromatic rings. The molecule has 1 unspecified atom stereocenters. The Bertz CT molecular complexity index is 169. The molecule has 0 aromatic carbocycles. The first-order valence-corrected chi connectivity index (χ1v) is 7.44. The molecule has 0 bridgehead atoms. The van der Waals surface area contributed by atoms with Crippen molar-refractivity contribution in [1.29, 1.82) is 0 Å². The Hall–Kier alpha value is 0.660. The van der Waals surface area contributed by atoms with E-state index in [0.29, 0.717) is 11.5 Å². The molecule has 1 nitrogen and oxygen atoms in total. The summed E-state index contributed by atoms with van der Waals surface area (Å²) in [5.41, 5.74) is 0.590. The van der Waals surface area contributed by atoms with E-state index in [1.807, 2.05) is 0 Å². The maximum Gasteiger partial charge on any atom is 0.0666 e. The normalized spacial score (nSPS) is 30.2. The summed E-state index contributed by atoms with van der Waals surface area (Å²) in [4.78, 5) is 0. The van der Waals surface area contributed by atoms with E-state index in [1.165, 1.54) is 43.6 Å². The fraction of sp³-hybridized carbons (Fsp3) is 1.00. The van der Waals surface area contributed by atoms with Gasteiger partial charge < -0.3 is 4.74 Å². The highest BCUT2D eigenvalue weighted by atomic mass is 32.2. The van der Waals surface area contributed by atoms with Crippen LogP contribution in [0.3, 0.4) is 0 Å². The number of hydrogen-bond acceptors (Lipinski definition) is 3. The smallest absolute Gasteiger partial charge is 0.0666 e. The van der Waals surface area contributed by atoms with Crippen LogP contribution in [0.15, 0.2) is 0 Å². The van der Waals surface area contributed by atoms with Gasteiger partial charge in [-0.05, 0) is 42.6 Å². The van der Waals surface area contributed by atoms with Gasteiger partial charge >= 0.3 is 0 Å². The predicted molar refractivity (Wildman–Crippen MR) is 66.4 cm³/mol. The van der Waals surface area contributed by atoms with Crippen molar-refractivity contribution < 1.29 is 4.74 Å². The summed E-state index contributed by atoms with van der Waals surface area (Å²) in [6.45, 7) is 0.989. The molecule has 1 aliphatic carbocycles. The Balaban J connectivity index is 1.61. The lowest BCUT2D eigenvalue weighted by Gasteiger charge is -2.40. The average Bonchev–Trinajstić information content (AvgIpc) is 2.62. The van der Waals surface area contributed by atoms with E-state index < -0.39 is 0 Å². The van der Waals surface area contributed by atoms with Crippen molar-refractivity contribution in [3.05, 3.63) is 0 Å². The summed E-state index contributed by atoms with van der Waals surface area (Å²) in [5, 5.41) is 0. The lowest BCUT2D eigenvalue weighted by atomic mass is 9.72. The third-order valence-electron chi connectivity index (χ3n) is 3.49. The van der Waals surface area contributed by atoms with Crippen LogP contribution >= 0.6 is 24.4 Å². The third-order valence-corrected chi connectivity index (χ3v) is 5.58. The molecule has 0 radical (unpaired) electrons. The van der Waals surface area contributed by atoms with Crippen molar-refractivity contribution in [2.75, 3.05) is 23.9 Å². The molecule has 0 amide bonds. The summed E-state index contributed by atoms with van der Waals surface area (Å²) < 4.78 is 5.61. The fourth-order valence-electron chi connectivity index (χ4n) is 2.21. The number of rotatable bonds is 5. The Labute approximate surface area is 96.8 Å². The molecule has 0 N–H and O–H groups in total. The predicted octanol–water partition coefficient (Wildman–Crippen LogP) is 3.00. The van der Waals surface area contributed by atoms with E-state index in [0.717, 1.165) is 12.4 Å². The van der Waals surface area contributed by atoms with E-state index in [2.05, 4.69) is 24.4 Å². The van der Waals surface area contributed by atoms with Gasteiger partial charge in [-0.15, -0.1) is 0 Å². The molecule has 1 atom stereocenters. The number of hydrogen-bond donors (Lipinski definition) is 1. The van der Waals surface area contributed by atoms with E-state index in [1.54, 1.807) is 0 Å². The van der Waals surface area contributed by atoms with Gasteiger partial charge in [-0.25, -0.2) is 0 Å². The second kappa shape index (κ2) is 5.13. The second-order valence-corrected chi connectivity index (χ2v) is 6.01. The first kappa shape index (κ1) is 11.2. The average molecular weight is 232 g/mol. The molecule has 14 heavy (non-hydrogen) atoms. The van der Waals surface area contributed by atoms with Crippen LogP contribution in [-0.2, 0) is 4.74 Å². The Morgan fingerprint density at radius 3 is 2.71 bits per heavy atom. The van der Waals surface area contributed by atoms with Gasteiger partial charge in [0.05, 0.1) is 6.10 Å². The van der Waals surface area contributed by atoms with Gasteiger partial charge in [0.25, 0.3) is 0 Å². The zero-order valence-electron chi connectivity index (χ0n) is 8.71. The van der Waals surface area contributed by atoms with Crippen LogP contribution in [0, 0.1) is 5.41 Å². The van der Waals surface area contributed by atoms with Crippen molar-refractivity contribution in [3.63, 3.8) is 0 Å². The third kappa shape index (κ3) is 2.61. The lowest BCUT2D eigenvalue weighted by Crippen LogP contribution is -2.34. The Morgan fingerprint density at radius 1 is 1.36 bits per heavy atom. The zero-order chi connectivity index (χ0) is 9.86. The largest absolute Gasteiger partial charge is 0.377 e. The molecule has 1 heterocycles. The Kier molecular flexibility index (Phi) is 4.09. The van der Waals surface area contributed by atoms with Gasteiger partial charge in [0.15, 0.2) is 0 Å². The molecular formula is C11H20OS2. The van der Waals surface area contributed by atoms with E-state index in [4.69, 9.17) is 4.74 Å². The zero-order valence-corrected chi connectivity index (χ0v) is 10.4. The van der Waals surface area contributed by atoms with Crippen molar-refractivity contribution in [2.45, 2.75) is 38.2 Å². The molecule has 1 aliphatic heterocycles. The molecule has 82 valence electrons. The van der Waals surface area contributed by atoms with Gasteiger partial charge in [-0.2, -0.15) is 24.4 Å². The van der Waals surface area contributed by atoms with Crippen LogP contribution in [0.1, 0.15) is 32.1 Å². The minimum Gasteiger partial charge on any atom is -0.377 e. The molecular weight excluding hydrogens is 212 g/mol. The molecule has 3 heteroatoms. The van der Waals surface area contributed by atoms with E-state index >= 15 is 0 Å². The van der Waals surface area contributed by atoms with Gasteiger partial charge in [0.1, 0.15) is 0 Å². The van der Waals surface area contributed by atoms with Crippen LogP contribution in [-0.4, -0.2) is 30.0 Å². The summed E-state index contributed by atoms with van der Waals surface area (Å²) in [6.07, 6.45) is 7.31. The monoisotopic (exact) mass is 232 g/mol. The number of thiol groups is 1. The molecule has 2 fully saturated rings. The van der Waals surface area contributed by atoms with Crippen molar-refractivity contribution >= 4 is 24.4 Å². The van der Waals surface area contributed by atoms with Crippen molar-refractivity contribution in [1.82, 2.24) is 0 Å². The van der Waals surface area contributed by atoms with Gasteiger partial charge in [-0.1, -0.05) is 6.42 Å². The summed E-state index contributed by atoms with van der Waals surface area (Å²) in [7, 11) is 0.